The highest BCUT2D eigenvalue weighted by atomic mass is 19.4. The first-order chi connectivity index (χ1) is 16.8. The van der Waals surface area contributed by atoms with Crippen molar-refractivity contribution < 1.29 is 18.0 Å². The Kier molecular flexibility index (Phi) is 6.18. The number of hydrogen-bond acceptors (Lipinski definition) is 5. The number of amides is 1. The predicted octanol–water partition coefficient (Wildman–Crippen LogP) is 4.11. The number of anilines is 1. The second-order valence-corrected chi connectivity index (χ2v) is 10.1. The van der Waals surface area contributed by atoms with E-state index in [0.717, 1.165) is 56.9 Å². The molecule has 3 fully saturated rings. The summed E-state index contributed by atoms with van der Waals surface area (Å²) < 4.78 is 40.9. The summed E-state index contributed by atoms with van der Waals surface area (Å²) in [5.41, 5.74) is 0.00450. The number of hydrogen-bond donors (Lipinski definition) is 1. The Labute approximate surface area is 202 Å². The van der Waals surface area contributed by atoms with Gasteiger partial charge in [-0.3, -0.25) is 14.7 Å². The monoisotopic (exact) mass is 483 g/mol. The van der Waals surface area contributed by atoms with Crippen LogP contribution in [0.1, 0.15) is 48.8 Å². The third kappa shape index (κ3) is 5.13. The van der Waals surface area contributed by atoms with Gasteiger partial charge in [0.25, 0.3) is 0 Å². The number of benzene rings is 1. The molecule has 3 heterocycles. The Morgan fingerprint density at radius 1 is 1.23 bits per heavy atom. The number of halogens is 3. The van der Waals surface area contributed by atoms with Gasteiger partial charge in [0.15, 0.2) is 0 Å². The van der Waals surface area contributed by atoms with E-state index in [9.17, 15) is 23.2 Å². The van der Waals surface area contributed by atoms with Crippen LogP contribution < -0.4 is 10.2 Å². The van der Waals surface area contributed by atoms with Gasteiger partial charge in [0.1, 0.15) is 6.04 Å². The van der Waals surface area contributed by atoms with Gasteiger partial charge in [-0.1, -0.05) is 6.07 Å². The lowest BCUT2D eigenvalue weighted by Gasteiger charge is -2.39. The van der Waals surface area contributed by atoms with Crippen LogP contribution >= 0.6 is 0 Å². The molecule has 1 spiro atoms. The molecule has 9 heteroatoms. The fourth-order valence-electron chi connectivity index (χ4n) is 5.43. The first-order valence-electron chi connectivity index (χ1n) is 12.1. The van der Waals surface area contributed by atoms with Crippen molar-refractivity contribution in [3.05, 3.63) is 59.4 Å². The van der Waals surface area contributed by atoms with Crippen LogP contribution in [0.4, 0.5) is 18.9 Å². The molecule has 1 saturated carbocycles. The molecule has 3 aliphatic rings. The van der Waals surface area contributed by atoms with Crippen LogP contribution in [0.2, 0.25) is 0 Å². The van der Waals surface area contributed by atoms with Crippen molar-refractivity contribution in [3.63, 3.8) is 0 Å². The normalized spacial score (nSPS) is 22.2. The smallest absolute Gasteiger partial charge is 0.359 e. The molecule has 35 heavy (non-hydrogen) atoms. The lowest BCUT2D eigenvalue weighted by Crippen LogP contribution is -2.44. The molecule has 6 nitrogen and oxygen atoms in total. The number of alkyl halides is 3. The Bertz CT molecular complexity index is 1120. The van der Waals surface area contributed by atoms with Gasteiger partial charge in [-0.25, -0.2) is 0 Å². The molecule has 1 aromatic carbocycles. The fourth-order valence-corrected chi connectivity index (χ4v) is 5.43. The highest BCUT2D eigenvalue weighted by Crippen LogP contribution is 2.46. The second kappa shape index (κ2) is 9.15. The van der Waals surface area contributed by atoms with Gasteiger partial charge < -0.3 is 10.2 Å². The van der Waals surface area contributed by atoms with Crippen LogP contribution in [0.5, 0.6) is 0 Å². The lowest BCUT2D eigenvalue weighted by atomic mass is 9.76. The van der Waals surface area contributed by atoms with E-state index >= 15 is 0 Å². The van der Waals surface area contributed by atoms with E-state index in [-0.39, 0.29) is 17.4 Å². The van der Waals surface area contributed by atoms with Crippen molar-refractivity contribution in [3.8, 4) is 6.07 Å². The van der Waals surface area contributed by atoms with Crippen LogP contribution in [-0.2, 0) is 17.5 Å². The van der Waals surface area contributed by atoms with E-state index in [0.29, 0.717) is 18.7 Å². The van der Waals surface area contributed by atoms with Crippen LogP contribution in [0.25, 0.3) is 0 Å². The zero-order chi connectivity index (χ0) is 24.6. The Balaban J connectivity index is 1.37. The first kappa shape index (κ1) is 23.6. The maximum absolute atomic E-state index is 13.6. The molecular weight excluding hydrogens is 455 g/mol. The predicted molar refractivity (Wildman–Crippen MR) is 124 cm³/mol. The summed E-state index contributed by atoms with van der Waals surface area (Å²) in [5, 5.41) is 12.2. The van der Waals surface area contributed by atoms with Crippen LogP contribution in [-0.4, -0.2) is 47.5 Å². The quantitative estimate of drug-likeness (QED) is 0.693. The zero-order valence-corrected chi connectivity index (χ0v) is 19.4. The molecule has 1 amide bonds. The molecule has 1 atom stereocenters. The molecule has 1 aliphatic carbocycles. The average molecular weight is 484 g/mol. The molecule has 2 saturated heterocycles. The maximum Gasteiger partial charge on any atom is 0.417 e. The number of rotatable bonds is 5. The van der Waals surface area contributed by atoms with Gasteiger partial charge in [0.05, 0.1) is 17.2 Å². The third-order valence-electron chi connectivity index (χ3n) is 7.54. The Hall–Kier alpha value is -3.12. The minimum Gasteiger partial charge on any atom is -0.359 e. The van der Waals surface area contributed by atoms with Gasteiger partial charge in [-0.05, 0) is 80.4 Å². The van der Waals surface area contributed by atoms with Crippen LogP contribution in [0, 0.1) is 16.7 Å². The number of piperidine rings is 1. The topological polar surface area (TPSA) is 72.3 Å². The molecule has 1 aromatic heterocycles. The molecular formula is C26H28F3N5O. The summed E-state index contributed by atoms with van der Waals surface area (Å²) in [6.07, 6.45) is 3.24. The first-order valence-corrected chi connectivity index (χ1v) is 12.1. The number of likely N-dealkylation sites (tertiary alicyclic amines) is 1. The molecule has 1 N–H and O–H groups in total. The van der Waals surface area contributed by atoms with E-state index in [4.69, 9.17) is 0 Å². The Morgan fingerprint density at radius 2 is 2.00 bits per heavy atom. The van der Waals surface area contributed by atoms with Crippen molar-refractivity contribution in [2.75, 3.05) is 24.5 Å². The van der Waals surface area contributed by atoms with E-state index in [2.05, 4.69) is 21.3 Å². The van der Waals surface area contributed by atoms with Gasteiger partial charge in [0.2, 0.25) is 5.91 Å². The van der Waals surface area contributed by atoms with Gasteiger partial charge in [-0.15, -0.1) is 0 Å². The molecule has 2 aliphatic heterocycles. The van der Waals surface area contributed by atoms with E-state index < -0.39 is 23.3 Å². The Morgan fingerprint density at radius 3 is 2.63 bits per heavy atom. The highest BCUT2D eigenvalue weighted by molar-refractivity contribution is 5.86. The summed E-state index contributed by atoms with van der Waals surface area (Å²) in [6.45, 7) is 3.06. The number of aromatic nitrogens is 1. The number of pyridine rings is 1. The fraction of sp³-hybridized carbons (Fsp3) is 0.500. The third-order valence-corrected chi connectivity index (χ3v) is 7.54. The summed E-state index contributed by atoms with van der Waals surface area (Å²) >= 11 is 0. The SMILES string of the molecule is N#Cc1ccc(N2CC3(CCN(Cc4cccnc4)CC3)CC2C(=O)NC2CC2)cc1C(F)(F)F. The van der Waals surface area contributed by atoms with Gasteiger partial charge in [-0.2, -0.15) is 18.4 Å². The van der Waals surface area contributed by atoms with Gasteiger partial charge >= 0.3 is 6.18 Å². The zero-order valence-electron chi connectivity index (χ0n) is 19.4. The lowest BCUT2D eigenvalue weighted by molar-refractivity contribution is -0.137. The minimum atomic E-state index is -4.64. The summed E-state index contributed by atoms with van der Waals surface area (Å²) in [7, 11) is 0. The average Bonchev–Trinajstić information content (AvgIpc) is 3.59. The summed E-state index contributed by atoms with van der Waals surface area (Å²) in [4.78, 5) is 21.6. The molecule has 2 aromatic rings. The number of carbonyl (C=O) groups is 1. The number of nitriles is 1. The summed E-state index contributed by atoms with van der Waals surface area (Å²) in [5.74, 6) is -0.111. The maximum atomic E-state index is 13.6. The molecule has 0 bridgehead atoms. The van der Waals surface area contributed by atoms with Gasteiger partial charge in [0, 0.05) is 37.2 Å². The second-order valence-electron chi connectivity index (χ2n) is 10.1. The number of nitrogens with zero attached hydrogens (tertiary/aromatic N) is 4. The number of carbonyl (C=O) groups excluding carboxylic acids is 1. The van der Waals surface area contributed by atoms with E-state index in [1.165, 1.54) is 6.07 Å². The molecule has 5 rings (SSSR count). The number of nitrogens with one attached hydrogen (secondary N) is 1. The highest BCUT2D eigenvalue weighted by Gasteiger charge is 2.49. The standard InChI is InChI=1S/C26H28F3N5O/c27-26(28,29)22-12-21(6-3-19(22)14-30)34-17-25(13-23(34)24(35)32-20-4-5-20)7-10-33(11-8-25)16-18-2-1-9-31-15-18/h1-3,6,9,12,15,20,23H,4-5,7-8,10-11,13,16-17H2,(H,32,35). The van der Waals surface area contributed by atoms with Crippen molar-refractivity contribution in [2.45, 2.75) is 56.9 Å². The van der Waals surface area contributed by atoms with E-state index in [1.807, 2.05) is 17.2 Å². The van der Waals surface area contributed by atoms with Crippen molar-refractivity contribution >= 4 is 11.6 Å². The van der Waals surface area contributed by atoms with Crippen LogP contribution in [0.15, 0.2) is 42.7 Å². The van der Waals surface area contributed by atoms with Crippen molar-refractivity contribution in [1.29, 1.82) is 5.26 Å². The minimum absolute atomic E-state index is 0.111. The van der Waals surface area contributed by atoms with Crippen molar-refractivity contribution in [2.24, 2.45) is 5.41 Å². The largest absolute Gasteiger partial charge is 0.417 e. The summed E-state index contributed by atoms with van der Waals surface area (Å²) in [6, 6.07) is 9.07. The molecule has 0 radical (unpaired) electrons. The molecule has 184 valence electrons. The molecule has 1 unspecified atom stereocenters. The van der Waals surface area contributed by atoms with Crippen LogP contribution in [0.3, 0.4) is 0 Å². The van der Waals surface area contributed by atoms with E-state index in [1.54, 1.807) is 18.3 Å². The van der Waals surface area contributed by atoms with Crippen molar-refractivity contribution in [1.82, 2.24) is 15.2 Å².